The summed E-state index contributed by atoms with van der Waals surface area (Å²) >= 11 is 0. The van der Waals surface area contributed by atoms with Crippen LogP contribution in [-0.2, 0) is 9.53 Å². The lowest BCUT2D eigenvalue weighted by atomic mass is 10.2. The Labute approximate surface area is 124 Å². The average Bonchev–Trinajstić information content (AvgIpc) is 2.35. The molecule has 1 atom stereocenters. The molecule has 0 fully saturated rings. The number of carbonyl (C=O) groups excluding carboxylic acids is 1. The van der Waals surface area contributed by atoms with Crippen molar-refractivity contribution in [2.75, 3.05) is 7.11 Å². The second kappa shape index (κ2) is 7.66. The van der Waals surface area contributed by atoms with Gasteiger partial charge in [0.05, 0.1) is 12.7 Å². The lowest BCUT2D eigenvalue weighted by molar-refractivity contribution is -0.136. The Bertz CT molecular complexity index is 391. The van der Waals surface area contributed by atoms with Crippen LogP contribution in [0.1, 0.15) is 41.5 Å². The highest BCUT2D eigenvalue weighted by atomic mass is 28.3. The van der Waals surface area contributed by atoms with Gasteiger partial charge in [0, 0.05) is 0 Å². The third kappa shape index (κ3) is 3.97. The highest BCUT2D eigenvalue weighted by Gasteiger charge is 2.41. The first kappa shape index (κ1) is 18.9. The van der Waals surface area contributed by atoms with Crippen molar-refractivity contribution in [1.29, 1.82) is 0 Å². The van der Waals surface area contributed by atoms with Crippen LogP contribution in [0.4, 0.5) is 0 Å². The molecule has 0 aliphatic carbocycles. The maximum absolute atomic E-state index is 11.3. The van der Waals surface area contributed by atoms with Crippen LogP contribution in [0.25, 0.3) is 0 Å². The zero-order valence-corrected chi connectivity index (χ0v) is 14.8. The molecular formula is C16H28O3Si. The molecule has 1 N–H and O–H groups in total. The van der Waals surface area contributed by atoms with Crippen molar-refractivity contribution in [3.63, 3.8) is 0 Å². The van der Waals surface area contributed by atoms with E-state index in [1.165, 1.54) is 7.11 Å². The van der Waals surface area contributed by atoms with E-state index < -0.39 is 20.1 Å². The summed E-state index contributed by atoms with van der Waals surface area (Å²) in [5, 5.41) is 9.98. The van der Waals surface area contributed by atoms with Crippen molar-refractivity contribution in [1.82, 2.24) is 0 Å². The van der Waals surface area contributed by atoms with Gasteiger partial charge in [-0.1, -0.05) is 54.0 Å². The Hall–Kier alpha value is -1.05. The topological polar surface area (TPSA) is 46.5 Å². The van der Waals surface area contributed by atoms with Crippen molar-refractivity contribution >= 4 is 14.0 Å². The zero-order valence-electron chi connectivity index (χ0n) is 13.8. The van der Waals surface area contributed by atoms with Gasteiger partial charge in [0.25, 0.3) is 0 Å². The zero-order chi connectivity index (χ0) is 16.1. The lowest BCUT2D eigenvalue weighted by Gasteiger charge is -2.38. The second-order valence-corrected chi connectivity index (χ2v) is 11.7. The van der Waals surface area contributed by atoms with Gasteiger partial charge in [0.15, 0.2) is 0 Å². The number of aliphatic hydroxyl groups is 1. The fourth-order valence-electron chi connectivity index (χ4n) is 2.96. The van der Waals surface area contributed by atoms with Crippen molar-refractivity contribution in [3.05, 3.63) is 12.2 Å². The molecule has 1 unspecified atom stereocenters. The quantitative estimate of drug-likeness (QED) is 0.366. The summed E-state index contributed by atoms with van der Waals surface area (Å²) in [6, 6.07) is 0. The van der Waals surface area contributed by atoms with Crippen LogP contribution < -0.4 is 0 Å². The molecule has 114 valence electrons. The second-order valence-electron chi connectivity index (χ2n) is 6.09. The van der Waals surface area contributed by atoms with Crippen molar-refractivity contribution in [3.8, 4) is 11.5 Å². The number of esters is 1. The molecule has 0 aromatic rings. The largest absolute Gasteiger partial charge is 0.466 e. The molecule has 0 rings (SSSR count). The summed E-state index contributed by atoms with van der Waals surface area (Å²) in [5.41, 5.74) is 4.80. The summed E-state index contributed by atoms with van der Waals surface area (Å²) in [6.45, 7) is 16.7. The van der Waals surface area contributed by atoms with Crippen molar-refractivity contribution < 1.29 is 14.6 Å². The van der Waals surface area contributed by atoms with Gasteiger partial charge in [-0.05, 0) is 16.6 Å². The first-order chi connectivity index (χ1) is 9.11. The third-order valence-electron chi connectivity index (χ3n) is 4.07. The summed E-state index contributed by atoms with van der Waals surface area (Å²) in [6.07, 6.45) is -1.15. The number of methoxy groups -OCH3 is 1. The van der Waals surface area contributed by atoms with Crippen LogP contribution in [0.5, 0.6) is 0 Å². The monoisotopic (exact) mass is 296 g/mol. The fourth-order valence-corrected chi connectivity index (χ4v) is 8.21. The summed E-state index contributed by atoms with van der Waals surface area (Å²) in [4.78, 5) is 11.3. The number of hydrogen-bond donors (Lipinski definition) is 1. The highest BCUT2D eigenvalue weighted by Crippen LogP contribution is 2.40. The van der Waals surface area contributed by atoms with Crippen molar-refractivity contribution in [2.45, 2.75) is 64.3 Å². The summed E-state index contributed by atoms with van der Waals surface area (Å²) < 4.78 is 4.55. The van der Waals surface area contributed by atoms with Gasteiger partial charge in [-0.3, -0.25) is 0 Å². The Kier molecular flexibility index (Phi) is 7.25. The van der Waals surface area contributed by atoms with Gasteiger partial charge in [-0.15, -0.1) is 5.54 Å². The van der Waals surface area contributed by atoms with E-state index in [4.69, 9.17) is 0 Å². The molecule has 3 nitrogen and oxygen atoms in total. The molecular weight excluding hydrogens is 268 g/mol. The van der Waals surface area contributed by atoms with E-state index >= 15 is 0 Å². The van der Waals surface area contributed by atoms with E-state index in [1.54, 1.807) is 0 Å². The van der Waals surface area contributed by atoms with E-state index in [9.17, 15) is 9.90 Å². The maximum Gasteiger partial charge on any atom is 0.336 e. The van der Waals surface area contributed by atoms with E-state index in [-0.39, 0.29) is 5.57 Å². The van der Waals surface area contributed by atoms with Crippen LogP contribution in [0.2, 0.25) is 16.6 Å². The highest BCUT2D eigenvalue weighted by molar-refractivity contribution is 6.90. The Morgan fingerprint density at radius 2 is 1.50 bits per heavy atom. The Balaban J connectivity index is 5.46. The Morgan fingerprint density at radius 1 is 1.10 bits per heavy atom. The van der Waals surface area contributed by atoms with Gasteiger partial charge in [-0.25, -0.2) is 4.79 Å². The fraction of sp³-hybridized carbons (Fsp3) is 0.688. The molecule has 0 aliphatic rings. The predicted molar refractivity (Wildman–Crippen MR) is 86.0 cm³/mol. The van der Waals surface area contributed by atoms with Crippen LogP contribution in [0, 0.1) is 11.5 Å². The molecule has 4 heteroatoms. The standard InChI is InChI=1S/C16H28O3Si/c1-11(2)20(12(3)4,13(5)6)10-9-15(17)14(7)16(18)19-8/h11-13,15,17H,7H2,1-6,8H3. The maximum atomic E-state index is 11.3. The van der Waals surface area contributed by atoms with Crippen molar-refractivity contribution in [2.24, 2.45) is 0 Å². The smallest absolute Gasteiger partial charge is 0.336 e. The lowest BCUT2D eigenvalue weighted by Crippen LogP contribution is -2.43. The number of hydrogen-bond acceptors (Lipinski definition) is 3. The SMILES string of the molecule is C=C(C(=O)OC)C(O)C#C[Si](C(C)C)(C(C)C)C(C)C. The summed E-state index contributed by atoms with van der Waals surface area (Å²) in [5.74, 6) is 2.24. The van der Waals surface area contributed by atoms with Gasteiger partial charge < -0.3 is 9.84 Å². The van der Waals surface area contributed by atoms with Gasteiger partial charge >= 0.3 is 5.97 Å². The van der Waals surface area contributed by atoms with Crippen LogP contribution in [0.3, 0.4) is 0 Å². The van der Waals surface area contributed by atoms with Gasteiger partial charge in [0.1, 0.15) is 14.2 Å². The average molecular weight is 296 g/mol. The molecule has 0 saturated heterocycles. The molecule has 20 heavy (non-hydrogen) atoms. The number of ether oxygens (including phenoxy) is 1. The molecule has 0 spiro atoms. The molecule has 0 heterocycles. The minimum Gasteiger partial charge on any atom is -0.466 e. The minimum atomic E-state index is -1.90. The van der Waals surface area contributed by atoms with E-state index in [0.717, 1.165) is 0 Å². The van der Waals surface area contributed by atoms with E-state index in [2.05, 4.69) is 64.3 Å². The molecule has 0 radical (unpaired) electrons. The molecule has 0 amide bonds. The summed E-state index contributed by atoms with van der Waals surface area (Å²) in [7, 11) is -0.629. The van der Waals surface area contributed by atoms with Gasteiger partial charge in [-0.2, -0.15) is 0 Å². The van der Waals surface area contributed by atoms with Crippen LogP contribution >= 0.6 is 0 Å². The molecule has 0 aromatic carbocycles. The number of aliphatic hydroxyl groups excluding tert-OH is 1. The first-order valence-corrected chi connectivity index (χ1v) is 9.32. The Morgan fingerprint density at radius 3 is 1.80 bits per heavy atom. The number of rotatable bonds is 5. The number of carbonyl (C=O) groups is 1. The minimum absolute atomic E-state index is 0.000770. The molecule has 0 bridgehead atoms. The van der Waals surface area contributed by atoms with Crippen LogP contribution in [-0.4, -0.2) is 32.4 Å². The van der Waals surface area contributed by atoms with E-state index in [0.29, 0.717) is 16.6 Å². The van der Waals surface area contributed by atoms with Gasteiger partial charge in [0.2, 0.25) is 0 Å². The molecule has 0 aromatic heterocycles. The third-order valence-corrected chi connectivity index (χ3v) is 10.4. The van der Waals surface area contributed by atoms with E-state index in [1.807, 2.05) is 0 Å². The van der Waals surface area contributed by atoms with Crippen LogP contribution in [0.15, 0.2) is 12.2 Å². The molecule has 0 aliphatic heterocycles. The normalized spacial score (nSPS) is 13.2. The predicted octanol–water partition coefficient (Wildman–Crippen LogP) is 3.30. The molecule has 0 saturated carbocycles. The first-order valence-electron chi connectivity index (χ1n) is 7.09.